The molecule has 37 heavy (non-hydrogen) atoms. The molecule has 13 heteroatoms. The van der Waals surface area contributed by atoms with Gasteiger partial charge in [-0.3, -0.25) is 20.6 Å². The molecule has 1 aliphatic heterocycles. The fraction of sp³-hybridized carbons (Fsp3) is 0.208. The second kappa shape index (κ2) is 11.3. The largest absolute Gasteiger partial charge is 0.494 e. The number of nitrogens with two attached hydrogens (primary N) is 1. The van der Waals surface area contributed by atoms with Crippen molar-refractivity contribution in [2.45, 2.75) is 6.04 Å². The number of nitrogen functional groups attached to an aromatic ring is 1. The molecule has 2 heterocycles. The summed E-state index contributed by atoms with van der Waals surface area (Å²) in [6.07, 6.45) is 2.99. The average Bonchev–Trinajstić information content (AvgIpc) is 2.92. The van der Waals surface area contributed by atoms with Crippen molar-refractivity contribution in [1.29, 1.82) is 5.41 Å². The van der Waals surface area contributed by atoms with E-state index in [0.717, 1.165) is 5.01 Å². The molecule has 0 bridgehead atoms. The van der Waals surface area contributed by atoms with E-state index in [4.69, 9.17) is 20.6 Å². The Morgan fingerprint density at radius 1 is 1.24 bits per heavy atom. The predicted octanol–water partition coefficient (Wildman–Crippen LogP) is 2.36. The van der Waals surface area contributed by atoms with Crippen LogP contribution in [0.25, 0.3) is 0 Å². The third-order valence-electron chi connectivity index (χ3n) is 5.31. The van der Waals surface area contributed by atoms with Gasteiger partial charge in [-0.25, -0.2) is 14.4 Å². The fourth-order valence-electron chi connectivity index (χ4n) is 3.54. The predicted molar refractivity (Wildman–Crippen MR) is 133 cm³/mol. The molecule has 11 nitrogen and oxygen atoms in total. The summed E-state index contributed by atoms with van der Waals surface area (Å²) in [5.74, 6) is -1.18. The average molecular weight is 511 g/mol. The van der Waals surface area contributed by atoms with Crippen LogP contribution in [0.5, 0.6) is 11.5 Å². The number of ether oxygens (including phenoxy) is 2. The Labute approximate surface area is 210 Å². The number of hydrogen-bond acceptors (Lipinski definition) is 9. The molecule has 2 aromatic carbocycles. The minimum absolute atomic E-state index is 0.0867. The van der Waals surface area contributed by atoms with Gasteiger partial charge < -0.3 is 20.5 Å². The molecule has 1 aromatic heterocycles. The van der Waals surface area contributed by atoms with Gasteiger partial charge in [0.05, 0.1) is 7.11 Å². The molecule has 192 valence electrons. The number of amides is 1. The third kappa shape index (κ3) is 5.72. The van der Waals surface area contributed by atoms with Crippen molar-refractivity contribution in [2.75, 3.05) is 37.3 Å². The molecule has 1 atom stereocenters. The standard InChI is InChI=1S/C24H24F2N8O3/c1-36-17-11-15(12-18(20(17)26)37-10-7-25)21(32-16-5-3-14(4-6-16)22(27)28)23-31-13-19(35)34(33-23)24-29-8-2-9-30-24/h2-6,8-9,11-12,21,32H,7,10,13H2,1H3,(H3,27,28)(H,31,33). The molecular weight excluding hydrogens is 486 g/mol. The highest BCUT2D eigenvalue weighted by Gasteiger charge is 2.30. The Balaban J connectivity index is 1.76. The highest BCUT2D eigenvalue weighted by atomic mass is 19.1. The van der Waals surface area contributed by atoms with E-state index in [2.05, 4.69) is 25.7 Å². The summed E-state index contributed by atoms with van der Waals surface area (Å²) in [4.78, 5) is 25.2. The molecule has 0 saturated carbocycles. The third-order valence-corrected chi connectivity index (χ3v) is 5.31. The summed E-state index contributed by atoms with van der Waals surface area (Å²) in [7, 11) is 1.30. The summed E-state index contributed by atoms with van der Waals surface area (Å²) in [6.45, 7) is -1.36. The summed E-state index contributed by atoms with van der Waals surface area (Å²) < 4.78 is 38.0. The molecule has 0 spiro atoms. The summed E-state index contributed by atoms with van der Waals surface area (Å²) in [5, 5.41) is 12.0. The first-order chi connectivity index (χ1) is 17.9. The van der Waals surface area contributed by atoms with E-state index in [0.29, 0.717) is 16.8 Å². The van der Waals surface area contributed by atoms with Crippen molar-refractivity contribution in [1.82, 2.24) is 15.4 Å². The molecule has 0 aliphatic carbocycles. The Morgan fingerprint density at radius 2 is 1.95 bits per heavy atom. The second-order valence-corrected chi connectivity index (χ2v) is 7.73. The van der Waals surface area contributed by atoms with Gasteiger partial charge in [0.15, 0.2) is 11.5 Å². The van der Waals surface area contributed by atoms with Crippen LogP contribution in [0.15, 0.2) is 59.9 Å². The van der Waals surface area contributed by atoms with Crippen LogP contribution in [0.4, 0.5) is 20.4 Å². The van der Waals surface area contributed by atoms with E-state index in [1.54, 1.807) is 30.3 Å². The van der Waals surface area contributed by atoms with E-state index in [-0.39, 0.29) is 48.2 Å². The Morgan fingerprint density at radius 3 is 2.59 bits per heavy atom. The fourth-order valence-corrected chi connectivity index (χ4v) is 3.54. The maximum atomic E-state index is 14.8. The van der Waals surface area contributed by atoms with Crippen LogP contribution < -0.4 is 31.0 Å². The quantitative estimate of drug-likeness (QED) is 0.240. The maximum Gasteiger partial charge on any atom is 0.270 e. The van der Waals surface area contributed by atoms with Crippen LogP contribution in [0.2, 0.25) is 0 Å². The number of hydrazine groups is 1. The van der Waals surface area contributed by atoms with E-state index < -0.39 is 18.5 Å². The molecule has 5 N–H and O–H groups in total. The van der Waals surface area contributed by atoms with Crippen molar-refractivity contribution >= 4 is 29.2 Å². The lowest BCUT2D eigenvalue weighted by atomic mass is 10.0. The molecule has 3 aromatic rings. The van der Waals surface area contributed by atoms with Crippen molar-refractivity contribution in [3.8, 4) is 11.5 Å². The van der Waals surface area contributed by atoms with Gasteiger partial charge in [-0.2, -0.15) is 9.40 Å². The Kier molecular flexibility index (Phi) is 7.71. The van der Waals surface area contributed by atoms with Crippen LogP contribution >= 0.6 is 0 Å². The van der Waals surface area contributed by atoms with Crippen LogP contribution in [-0.4, -0.2) is 54.5 Å². The van der Waals surface area contributed by atoms with Gasteiger partial charge in [-0.15, -0.1) is 0 Å². The van der Waals surface area contributed by atoms with Gasteiger partial charge in [0.25, 0.3) is 11.9 Å². The topological polar surface area (TPSA) is 151 Å². The van der Waals surface area contributed by atoms with Crippen molar-refractivity contribution in [2.24, 2.45) is 10.7 Å². The number of nitrogens with zero attached hydrogens (tertiary/aromatic N) is 4. The number of methoxy groups -OCH3 is 1. The van der Waals surface area contributed by atoms with Crippen LogP contribution in [0, 0.1) is 11.2 Å². The first-order valence-corrected chi connectivity index (χ1v) is 11.1. The number of aromatic nitrogens is 2. The van der Waals surface area contributed by atoms with E-state index in [1.807, 2.05) is 0 Å². The lowest BCUT2D eigenvalue weighted by Gasteiger charge is -2.31. The number of amidine groups is 2. The minimum Gasteiger partial charge on any atom is -0.494 e. The van der Waals surface area contributed by atoms with Crippen molar-refractivity contribution in [3.05, 3.63) is 71.8 Å². The normalized spacial score (nSPS) is 13.9. The van der Waals surface area contributed by atoms with Crippen LogP contribution in [-0.2, 0) is 4.79 Å². The Bertz CT molecular complexity index is 1310. The zero-order chi connectivity index (χ0) is 26.4. The number of carbonyl (C=O) groups is 1. The van der Waals surface area contributed by atoms with Gasteiger partial charge in [0, 0.05) is 23.6 Å². The number of alkyl halides is 1. The van der Waals surface area contributed by atoms with Gasteiger partial charge >= 0.3 is 0 Å². The molecule has 0 saturated heterocycles. The maximum absolute atomic E-state index is 14.8. The van der Waals surface area contributed by atoms with Crippen molar-refractivity contribution < 1.29 is 23.0 Å². The van der Waals surface area contributed by atoms with E-state index >= 15 is 0 Å². The highest BCUT2D eigenvalue weighted by molar-refractivity contribution is 6.04. The van der Waals surface area contributed by atoms with Gasteiger partial charge in [0.1, 0.15) is 37.5 Å². The number of aliphatic imine (C=N–C) groups is 1. The second-order valence-electron chi connectivity index (χ2n) is 7.73. The first-order valence-electron chi connectivity index (χ1n) is 11.1. The zero-order valence-electron chi connectivity index (χ0n) is 19.7. The van der Waals surface area contributed by atoms with Crippen molar-refractivity contribution in [3.63, 3.8) is 0 Å². The number of nitrogens with one attached hydrogen (secondary N) is 3. The molecule has 4 rings (SSSR count). The smallest absolute Gasteiger partial charge is 0.270 e. The molecule has 1 aliphatic rings. The van der Waals surface area contributed by atoms with Crippen LogP contribution in [0.1, 0.15) is 17.2 Å². The van der Waals surface area contributed by atoms with Gasteiger partial charge in [-0.1, -0.05) is 0 Å². The molecule has 1 amide bonds. The number of hydrogen-bond donors (Lipinski definition) is 4. The monoisotopic (exact) mass is 510 g/mol. The summed E-state index contributed by atoms with van der Waals surface area (Å²) >= 11 is 0. The lowest BCUT2D eigenvalue weighted by molar-refractivity contribution is -0.118. The van der Waals surface area contributed by atoms with Gasteiger partial charge in [0.2, 0.25) is 5.82 Å². The van der Waals surface area contributed by atoms with Gasteiger partial charge in [-0.05, 0) is 48.0 Å². The number of benzene rings is 2. The van der Waals surface area contributed by atoms with E-state index in [9.17, 15) is 13.6 Å². The molecule has 1 unspecified atom stereocenters. The number of carbonyl (C=O) groups excluding carboxylic acids is 1. The first kappa shape index (κ1) is 25.3. The summed E-state index contributed by atoms with van der Waals surface area (Å²) in [6, 6.07) is 10.4. The Hall–Kier alpha value is -4.81. The molecule has 0 fully saturated rings. The number of anilines is 2. The number of rotatable bonds is 10. The number of halogens is 2. The minimum atomic E-state index is -0.807. The van der Waals surface area contributed by atoms with E-state index in [1.165, 1.54) is 31.6 Å². The zero-order valence-corrected chi connectivity index (χ0v) is 19.7. The van der Waals surface area contributed by atoms with Crippen LogP contribution in [0.3, 0.4) is 0 Å². The molecular formula is C24H24F2N8O3. The summed E-state index contributed by atoms with van der Waals surface area (Å²) in [5.41, 5.74) is 10.1. The SMILES string of the molecule is COc1cc(C(Nc2ccc(C(=N)N)cc2)C2=NCC(=O)N(c3ncccn3)N2)cc(OCCF)c1F. The lowest BCUT2D eigenvalue weighted by Crippen LogP contribution is -2.54. The molecule has 0 radical (unpaired) electrons. The highest BCUT2D eigenvalue weighted by Crippen LogP contribution is 2.33.